The first-order valence-electron chi connectivity index (χ1n) is 6.53. The SMILES string of the molecule is CC1CCC(CN)CN1S(=O)(=O)c1ccc(Br)cc1Br. The van der Waals surface area contributed by atoms with Gasteiger partial charge in [-0.25, -0.2) is 8.42 Å². The van der Waals surface area contributed by atoms with E-state index in [0.717, 1.165) is 17.3 Å². The Morgan fingerprint density at radius 3 is 2.65 bits per heavy atom. The minimum atomic E-state index is -3.49. The zero-order chi connectivity index (χ0) is 14.9. The molecule has 1 heterocycles. The maximum atomic E-state index is 12.8. The first-order valence-corrected chi connectivity index (χ1v) is 9.56. The summed E-state index contributed by atoms with van der Waals surface area (Å²) in [6.07, 6.45) is 1.85. The van der Waals surface area contributed by atoms with Crippen molar-refractivity contribution in [3.8, 4) is 0 Å². The molecule has 2 unspecified atom stereocenters. The van der Waals surface area contributed by atoms with Crippen molar-refractivity contribution in [1.29, 1.82) is 0 Å². The highest BCUT2D eigenvalue weighted by atomic mass is 79.9. The summed E-state index contributed by atoms with van der Waals surface area (Å²) in [5.74, 6) is 0.246. The average Bonchev–Trinajstić information content (AvgIpc) is 2.38. The van der Waals surface area contributed by atoms with Crippen LogP contribution in [0.2, 0.25) is 0 Å². The smallest absolute Gasteiger partial charge is 0.244 e. The second kappa shape index (κ2) is 6.44. The van der Waals surface area contributed by atoms with Crippen LogP contribution in [0.4, 0.5) is 0 Å². The van der Waals surface area contributed by atoms with Crippen molar-refractivity contribution in [2.45, 2.75) is 30.7 Å². The summed E-state index contributed by atoms with van der Waals surface area (Å²) in [5, 5.41) is 0. The maximum absolute atomic E-state index is 12.8. The lowest BCUT2D eigenvalue weighted by Gasteiger charge is -2.36. The molecule has 0 saturated carbocycles. The van der Waals surface area contributed by atoms with Gasteiger partial charge in [0.1, 0.15) is 0 Å². The molecule has 1 aromatic rings. The van der Waals surface area contributed by atoms with E-state index in [2.05, 4.69) is 31.9 Å². The van der Waals surface area contributed by atoms with E-state index >= 15 is 0 Å². The van der Waals surface area contributed by atoms with Crippen molar-refractivity contribution in [2.75, 3.05) is 13.1 Å². The van der Waals surface area contributed by atoms with Crippen molar-refractivity contribution in [3.63, 3.8) is 0 Å². The Morgan fingerprint density at radius 1 is 1.35 bits per heavy atom. The van der Waals surface area contributed by atoms with E-state index in [1.807, 2.05) is 6.92 Å². The molecule has 2 N–H and O–H groups in total. The van der Waals surface area contributed by atoms with E-state index in [9.17, 15) is 8.42 Å². The number of nitrogens with zero attached hydrogens (tertiary/aromatic N) is 1. The summed E-state index contributed by atoms with van der Waals surface area (Å²) < 4.78 is 28.7. The summed E-state index contributed by atoms with van der Waals surface area (Å²) in [6.45, 7) is 2.99. The third kappa shape index (κ3) is 3.27. The van der Waals surface area contributed by atoms with Gasteiger partial charge >= 0.3 is 0 Å². The van der Waals surface area contributed by atoms with Crippen LogP contribution in [0.15, 0.2) is 32.0 Å². The third-order valence-corrected chi connectivity index (χ3v) is 7.19. The summed E-state index contributed by atoms with van der Waals surface area (Å²) in [4.78, 5) is 0.310. The molecule has 2 rings (SSSR count). The molecule has 1 aliphatic rings. The lowest BCUT2D eigenvalue weighted by Crippen LogP contribution is -2.47. The van der Waals surface area contributed by atoms with Crippen molar-refractivity contribution >= 4 is 41.9 Å². The molecule has 1 saturated heterocycles. The molecule has 0 aliphatic carbocycles. The van der Waals surface area contributed by atoms with Crippen LogP contribution >= 0.6 is 31.9 Å². The molecule has 2 atom stereocenters. The highest BCUT2D eigenvalue weighted by Gasteiger charge is 2.35. The molecule has 0 amide bonds. The predicted octanol–water partition coefficient (Wildman–Crippen LogP) is 2.96. The average molecular weight is 426 g/mol. The lowest BCUT2D eigenvalue weighted by molar-refractivity contribution is 0.211. The highest BCUT2D eigenvalue weighted by Crippen LogP contribution is 2.32. The molecular formula is C13H18Br2N2O2S. The van der Waals surface area contributed by atoms with Crippen LogP contribution in [-0.2, 0) is 10.0 Å². The molecular weight excluding hydrogens is 408 g/mol. The number of sulfonamides is 1. The van der Waals surface area contributed by atoms with Gasteiger partial charge < -0.3 is 5.73 Å². The van der Waals surface area contributed by atoms with Crippen LogP contribution in [0.5, 0.6) is 0 Å². The third-order valence-electron chi connectivity index (χ3n) is 3.74. The first kappa shape index (κ1) is 16.4. The van der Waals surface area contributed by atoms with Crippen LogP contribution in [-0.4, -0.2) is 31.9 Å². The number of hydrogen-bond donors (Lipinski definition) is 1. The Labute approximate surface area is 137 Å². The number of hydrogen-bond acceptors (Lipinski definition) is 3. The van der Waals surface area contributed by atoms with E-state index in [4.69, 9.17) is 5.73 Å². The van der Waals surface area contributed by atoms with Gasteiger partial charge in [-0.1, -0.05) is 15.9 Å². The molecule has 0 radical (unpaired) electrons. The number of rotatable bonds is 3. The Hall–Kier alpha value is 0.0500. The fraction of sp³-hybridized carbons (Fsp3) is 0.538. The van der Waals surface area contributed by atoms with Gasteiger partial charge in [0.15, 0.2) is 0 Å². The Kier molecular flexibility index (Phi) is 5.29. The minimum absolute atomic E-state index is 0.0124. The fourth-order valence-corrected chi connectivity index (χ4v) is 5.93. The van der Waals surface area contributed by atoms with Crippen LogP contribution in [0.1, 0.15) is 19.8 Å². The maximum Gasteiger partial charge on any atom is 0.244 e. The Bertz CT molecular complexity index is 592. The van der Waals surface area contributed by atoms with Crippen LogP contribution < -0.4 is 5.73 Å². The quantitative estimate of drug-likeness (QED) is 0.809. The van der Waals surface area contributed by atoms with Gasteiger partial charge in [0.05, 0.1) is 4.90 Å². The zero-order valence-electron chi connectivity index (χ0n) is 11.2. The van der Waals surface area contributed by atoms with Gasteiger partial charge in [-0.05, 0) is 66.4 Å². The van der Waals surface area contributed by atoms with Crippen molar-refractivity contribution in [1.82, 2.24) is 4.31 Å². The molecule has 7 heteroatoms. The van der Waals surface area contributed by atoms with Crippen LogP contribution in [0.3, 0.4) is 0 Å². The number of benzene rings is 1. The standard InChI is InChI=1S/C13H18Br2N2O2S/c1-9-2-3-10(7-16)8-17(9)20(18,19)13-5-4-11(14)6-12(13)15/h4-6,9-10H,2-3,7-8,16H2,1H3. The summed E-state index contributed by atoms with van der Waals surface area (Å²) in [6, 6.07) is 5.13. The van der Waals surface area contributed by atoms with E-state index in [-0.39, 0.29) is 12.0 Å². The monoisotopic (exact) mass is 424 g/mol. The predicted molar refractivity (Wildman–Crippen MR) is 87.0 cm³/mol. The lowest BCUT2D eigenvalue weighted by atomic mass is 9.96. The van der Waals surface area contributed by atoms with Gasteiger partial charge in [-0.2, -0.15) is 4.31 Å². The van der Waals surface area contributed by atoms with E-state index in [1.54, 1.807) is 22.5 Å². The Balaban J connectivity index is 2.38. The van der Waals surface area contributed by atoms with Crippen LogP contribution in [0.25, 0.3) is 0 Å². The number of nitrogens with two attached hydrogens (primary N) is 1. The van der Waals surface area contributed by atoms with Crippen molar-refractivity contribution in [2.24, 2.45) is 11.7 Å². The van der Waals surface area contributed by atoms with Crippen LogP contribution in [0, 0.1) is 5.92 Å². The minimum Gasteiger partial charge on any atom is -0.330 e. The molecule has 0 spiro atoms. The molecule has 1 aliphatic heterocycles. The van der Waals surface area contributed by atoms with E-state index in [0.29, 0.717) is 22.5 Å². The first-order chi connectivity index (χ1) is 9.36. The molecule has 112 valence electrons. The topological polar surface area (TPSA) is 63.4 Å². The van der Waals surface area contributed by atoms with Gasteiger partial charge in [0.25, 0.3) is 0 Å². The molecule has 0 bridgehead atoms. The summed E-state index contributed by atoms with van der Waals surface area (Å²) in [5.41, 5.74) is 5.71. The normalized spacial score (nSPS) is 24.8. The second-order valence-electron chi connectivity index (χ2n) is 5.18. The van der Waals surface area contributed by atoms with E-state index in [1.165, 1.54) is 0 Å². The van der Waals surface area contributed by atoms with E-state index < -0.39 is 10.0 Å². The molecule has 20 heavy (non-hydrogen) atoms. The molecule has 0 aromatic heterocycles. The number of piperidine rings is 1. The van der Waals surface area contributed by atoms with Gasteiger partial charge in [0, 0.05) is 21.5 Å². The molecule has 4 nitrogen and oxygen atoms in total. The largest absolute Gasteiger partial charge is 0.330 e. The number of halogens is 2. The van der Waals surface area contributed by atoms with Gasteiger partial charge in [0.2, 0.25) is 10.0 Å². The summed E-state index contributed by atoms with van der Waals surface area (Å²) in [7, 11) is -3.49. The zero-order valence-corrected chi connectivity index (χ0v) is 15.2. The molecule has 1 aromatic carbocycles. The second-order valence-corrected chi connectivity index (χ2v) is 8.81. The van der Waals surface area contributed by atoms with Crippen molar-refractivity contribution < 1.29 is 8.42 Å². The summed E-state index contributed by atoms with van der Waals surface area (Å²) >= 11 is 6.68. The molecule has 1 fully saturated rings. The van der Waals surface area contributed by atoms with Gasteiger partial charge in [-0.3, -0.25) is 0 Å². The van der Waals surface area contributed by atoms with Crippen molar-refractivity contribution in [3.05, 3.63) is 27.1 Å². The fourth-order valence-electron chi connectivity index (χ4n) is 2.48. The highest BCUT2D eigenvalue weighted by molar-refractivity contribution is 9.11. The Morgan fingerprint density at radius 2 is 2.05 bits per heavy atom. The van der Waals surface area contributed by atoms with Gasteiger partial charge in [-0.15, -0.1) is 0 Å².